The molecule has 0 aliphatic carbocycles. The number of fused-ring (bicyclic) bond motifs is 1. The van der Waals surface area contributed by atoms with Gasteiger partial charge in [0.25, 0.3) is 0 Å². The summed E-state index contributed by atoms with van der Waals surface area (Å²) in [5, 5.41) is 1.86. The second kappa shape index (κ2) is 10.7. The molecule has 0 bridgehead atoms. The highest BCUT2D eigenvalue weighted by molar-refractivity contribution is 7.89. The van der Waals surface area contributed by atoms with Crippen LogP contribution >= 0.6 is 34.8 Å². The van der Waals surface area contributed by atoms with Crippen LogP contribution in [0.2, 0.25) is 15.1 Å². The van der Waals surface area contributed by atoms with E-state index in [9.17, 15) is 8.42 Å². The molecule has 1 N–H and O–H groups in total. The molecule has 3 aromatic carbocycles. The molecule has 6 nitrogen and oxygen atoms in total. The van der Waals surface area contributed by atoms with Gasteiger partial charge < -0.3 is 14.4 Å². The van der Waals surface area contributed by atoms with E-state index in [2.05, 4.69) is 9.62 Å². The molecule has 1 saturated heterocycles. The molecule has 0 radical (unpaired) electrons. The number of sulfonamides is 1. The number of hydrogen-bond donors (Lipinski definition) is 1. The number of ether oxygens (including phenoxy) is 2. The third kappa shape index (κ3) is 5.55. The van der Waals surface area contributed by atoms with Gasteiger partial charge in [-0.3, -0.25) is 0 Å². The average Bonchev–Trinajstić information content (AvgIpc) is 2.88. The van der Waals surface area contributed by atoms with E-state index in [1.807, 2.05) is 36.4 Å². The zero-order valence-corrected chi connectivity index (χ0v) is 22.4. The lowest BCUT2D eigenvalue weighted by atomic mass is 9.88. The average molecular weight is 568 g/mol. The second-order valence-corrected chi connectivity index (χ2v) is 12.0. The van der Waals surface area contributed by atoms with E-state index in [1.54, 1.807) is 12.1 Å². The fourth-order valence-corrected chi connectivity index (χ4v) is 6.52. The van der Waals surface area contributed by atoms with Crippen LogP contribution in [-0.2, 0) is 10.0 Å². The maximum absolute atomic E-state index is 13.0. The van der Waals surface area contributed by atoms with Gasteiger partial charge in [0.2, 0.25) is 10.0 Å². The predicted molar refractivity (Wildman–Crippen MR) is 143 cm³/mol. The van der Waals surface area contributed by atoms with E-state index in [-0.39, 0.29) is 16.9 Å². The topological polar surface area (TPSA) is 67.9 Å². The first-order valence-corrected chi connectivity index (χ1v) is 14.3. The smallest absolute Gasteiger partial charge is 0.240 e. The van der Waals surface area contributed by atoms with Crippen molar-refractivity contribution in [3.63, 3.8) is 0 Å². The largest absolute Gasteiger partial charge is 0.486 e. The fourth-order valence-electron chi connectivity index (χ4n) is 4.73. The van der Waals surface area contributed by atoms with Crippen LogP contribution in [0.25, 0.3) is 0 Å². The third-order valence-electron chi connectivity index (χ3n) is 6.55. The van der Waals surface area contributed by atoms with Crippen LogP contribution in [0.15, 0.2) is 65.6 Å². The molecule has 5 rings (SSSR count). The number of nitrogens with one attached hydrogen (secondary N) is 1. The normalized spacial score (nSPS) is 19.8. The van der Waals surface area contributed by atoms with Crippen molar-refractivity contribution in [1.29, 1.82) is 0 Å². The van der Waals surface area contributed by atoms with Crippen LogP contribution < -0.4 is 19.1 Å². The first-order valence-electron chi connectivity index (χ1n) is 11.7. The zero-order chi connectivity index (χ0) is 25.3. The quantitative estimate of drug-likeness (QED) is 0.376. The first kappa shape index (κ1) is 25.5. The predicted octanol–water partition coefficient (Wildman–Crippen LogP) is 6.35. The highest BCUT2D eigenvalue weighted by atomic mass is 35.5. The molecule has 0 aromatic heterocycles. The van der Waals surface area contributed by atoms with Crippen molar-refractivity contribution >= 4 is 50.5 Å². The molecule has 0 unspecified atom stereocenters. The lowest BCUT2D eigenvalue weighted by Gasteiger charge is -2.42. The highest BCUT2D eigenvalue weighted by Crippen LogP contribution is 2.40. The van der Waals surface area contributed by atoms with E-state index < -0.39 is 10.0 Å². The van der Waals surface area contributed by atoms with E-state index in [0.29, 0.717) is 52.9 Å². The Morgan fingerprint density at radius 3 is 2.33 bits per heavy atom. The number of piperidine rings is 1. The summed E-state index contributed by atoms with van der Waals surface area (Å²) in [6, 6.07) is 17.9. The van der Waals surface area contributed by atoms with E-state index in [0.717, 1.165) is 24.1 Å². The molecule has 36 heavy (non-hydrogen) atoms. The van der Waals surface area contributed by atoms with Gasteiger partial charge in [-0.1, -0.05) is 40.9 Å². The van der Waals surface area contributed by atoms with Crippen molar-refractivity contribution in [2.45, 2.75) is 23.8 Å². The van der Waals surface area contributed by atoms with Crippen LogP contribution in [0.1, 0.15) is 24.4 Å². The summed E-state index contributed by atoms with van der Waals surface area (Å²) in [6.45, 7) is 1.80. The molecule has 10 heteroatoms. The summed E-state index contributed by atoms with van der Waals surface area (Å²) in [5.74, 6) is 1.09. The van der Waals surface area contributed by atoms with Crippen LogP contribution in [0.3, 0.4) is 0 Å². The van der Waals surface area contributed by atoms with E-state index in [4.69, 9.17) is 44.3 Å². The fraction of sp³-hybridized carbons (Fsp3) is 0.308. The first-order chi connectivity index (χ1) is 17.3. The van der Waals surface area contributed by atoms with Gasteiger partial charge in [0, 0.05) is 39.9 Å². The molecule has 2 aliphatic heterocycles. The Hall–Kier alpha value is -2.16. The summed E-state index contributed by atoms with van der Waals surface area (Å²) in [7, 11) is -3.72. The minimum Gasteiger partial charge on any atom is -0.486 e. The molecule has 2 atom stereocenters. The summed E-state index contributed by atoms with van der Waals surface area (Å²) >= 11 is 18.8. The van der Waals surface area contributed by atoms with Gasteiger partial charge in [-0.2, -0.15) is 0 Å². The van der Waals surface area contributed by atoms with Gasteiger partial charge in [0.05, 0.1) is 10.9 Å². The molecule has 0 saturated carbocycles. The molecule has 0 spiro atoms. The Bertz CT molecular complexity index is 1350. The van der Waals surface area contributed by atoms with Crippen molar-refractivity contribution in [2.24, 2.45) is 5.92 Å². The Morgan fingerprint density at radius 1 is 0.861 bits per heavy atom. The van der Waals surface area contributed by atoms with Crippen molar-refractivity contribution in [3.8, 4) is 11.5 Å². The van der Waals surface area contributed by atoms with Crippen molar-refractivity contribution in [3.05, 3.63) is 81.3 Å². The van der Waals surface area contributed by atoms with Crippen molar-refractivity contribution < 1.29 is 17.9 Å². The molecule has 2 heterocycles. The highest BCUT2D eigenvalue weighted by Gasteiger charge is 2.32. The van der Waals surface area contributed by atoms with Gasteiger partial charge in [-0.25, -0.2) is 13.1 Å². The number of rotatable bonds is 6. The molecular weight excluding hydrogens is 543 g/mol. The summed E-state index contributed by atoms with van der Waals surface area (Å²) in [6.07, 6.45) is 1.64. The van der Waals surface area contributed by atoms with Crippen LogP contribution in [0, 0.1) is 5.92 Å². The van der Waals surface area contributed by atoms with E-state index >= 15 is 0 Å². The summed E-state index contributed by atoms with van der Waals surface area (Å²) < 4.78 is 39.9. The van der Waals surface area contributed by atoms with Crippen LogP contribution in [0.4, 0.5) is 5.69 Å². The van der Waals surface area contributed by atoms with Crippen LogP contribution in [-0.4, -0.2) is 34.7 Å². The standard InChI is InChI=1S/C26H25Cl3N2O4S/c27-18-2-5-20(6-3-18)31-16-17(1-9-24(31)22-8-4-19(28)13-23(22)29)15-30-36(32,33)21-7-10-25-26(14-21)35-12-11-34-25/h2-8,10,13-14,17,24,30H,1,9,11-12,15-16H2/t17-,24-/m0/s1. The minimum atomic E-state index is -3.72. The molecular formula is C26H25Cl3N2O4S. The van der Waals surface area contributed by atoms with Crippen molar-refractivity contribution in [2.75, 3.05) is 31.2 Å². The Balaban J connectivity index is 1.34. The minimum absolute atomic E-state index is 0.0293. The Labute approximate surface area is 226 Å². The maximum atomic E-state index is 13.0. The molecule has 3 aromatic rings. The van der Waals surface area contributed by atoms with Gasteiger partial charge in [0.15, 0.2) is 11.5 Å². The van der Waals surface area contributed by atoms with E-state index in [1.165, 1.54) is 12.1 Å². The lowest BCUT2D eigenvalue weighted by molar-refractivity contribution is 0.171. The van der Waals surface area contributed by atoms with Gasteiger partial charge in [-0.15, -0.1) is 0 Å². The number of nitrogens with zero attached hydrogens (tertiary/aromatic N) is 1. The number of benzene rings is 3. The number of hydrogen-bond acceptors (Lipinski definition) is 5. The lowest BCUT2D eigenvalue weighted by Crippen LogP contribution is -2.42. The zero-order valence-electron chi connectivity index (χ0n) is 19.3. The SMILES string of the molecule is O=S(=O)(NC[C@@H]1CC[C@@H](c2ccc(Cl)cc2Cl)N(c2ccc(Cl)cc2)C1)c1ccc2c(c1)OCCO2. The van der Waals surface area contributed by atoms with Gasteiger partial charge in [-0.05, 0) is 72.9 Å². The maximum Gasteiger partial charge on any atom is 0.240 e. The number of anilines is 1. The van der Waals surface area contributed by atoms with Crippen LogP contribution in [0.5, 0.6) is 11.5 Å². The third-order valence-corrected chi connectivity index (χ3v) is 8.78. The Kier molecular flexibility index (Phi) is 7.56. The Morgan fingerprint density at radius 2 is 1.58 bits per heavy atom. The molecule has 1 fully saturated rings. The molecule has 2 aliphatic rings. The molecule has 190 valence electrons. The van der Waals surface area contributed by atoms with Gasteiger partial charge in [0.1, 0.15) is 13.2 Å². The monoisotopic (exact) mass is 566 g/mol. The summed E-state index contributed by atoms with van der Waals surface area (Å²) in [5.41, 5.74) is 1.99. The van der Waals surface area contributed by atoms with Crippen molar-refractivity contribution in [1.82, 2.24) is 4.72 Å². The second-order valence-electron chi connectivity index (χ2n) is 8.91. The summed E-state index contributed by atoms with van der Waals surface area (Å²) in [4.78, 5) is 2.42. The van der Waals surface area contributed by atoms with Gasteiger partial charge >= 0.3 is 0 Å². The molecule has 0 amide bonds. The number of halogens is 3.